The number of carbonyl (C=O) groups is 1. The molecule has 0 spiro atoms. The zero-order valence-electron chi connectivity index (χ0n) is 10.6. The Morgan fingerprint density at radius 3 is 2.59 bits per heavy atom. The molecule has 0 radical (unpaired) electrons. The SMILES string of the molecule is CC(C)(C)OC(=O)C(N)Cc1cccc(N)c1. The highest BCUT2D eigenvalue weighted by atomic mass is 16.6. The Balaban J connectivity index is 2.60. The standard InChI is InChI=1S/C13H20N2O2/c1-13(2,3)17-12(16)11(15)8-9-5-4-6-10(14)7-9/h4-7,11H,8,14-15H2,1-3H3. The van der Waals surface area contributed by atoms with E-state index in [2.05, 4.69) is 0 Å². The number of esters is 1. The number of anilines is 1. The number of carbonyl (C=O) groups excluding carboxylic acids is 1. The highest BCUT2D eigenvalue weighted by Crippen LogP contribution is 2.12. The molecule has 1 aromatic carbocycles. The summed E-state index contributed by atoms with van der Waals surface area (Å²) in [5, 5.41) is 0. The molecular formula is C13H20N2O2. The largest absolute Gasteiger partial charge is 0.459 e. The van der Waals surface area contributed by atoms with Crippen LogP contribution >= 0.6 is 0 Å². The molecule has 0 aromatic heterocycles. The Morgan fingerprint density at radius 1 is 1.41 bits per heavy atom. The smallest absolute Gasteiger partial charge is 0.323 e. The van der Waals surface area contributed by atoms with Gasteiger partial charge in [-0.1, -0.05) is 12.1 Å². The molecule has 1 aromatic rings. The molecule has 4 heteroatoms. The molecule has 0 heterocycles. The van der Waals surface area contributed by atoms with Crippen molar-refractivity contribution in [1.29, 1.82) is 0 Å². The topological polar surface area (TPSA) is 78.3 Å². The van der Waals surface area contributed by atoms with E-state index >= 15 is 0 Å². The van der Waals surface area contributed by atoms with Gasteiger partial charge in [-0.3, -0.25) is 4.79 Å². The normalized spacial score (nSPS) is 13.2. The lowest BCUT2D eigenvalue weighted by Gasteiger charge is -2.22. The second-order valence-electron chi connectivity index (χ2n) is 5.09. The zero-order valence-corrected chi connectivity index (χ0v) is 10.6. The molecule has 4 N–H and O–H groups in total. The van der Waals surface area contributed by atoms with Crippen LogP contribution < -0.4 is 11.5 Å². The number of nitrogen functional groups attached to an aromatic ring is 1. The summed E-state index contributed by atoms with van der Waals surface area (Å²) >= 11 is 0. The minimum absolute atomic E-state index is 0.389. The van der Waals surface area contributed by atoms with Crippen LogP contribution in [0.25, 0.3) is 0 Å². The van der Waals surface area contributed by atoms with Crippen LogP contribution in [-0.4, -0.2) is 17.6 Å². The summed E-state index contributed by atoms with van der Waals surface area (Å²) in [6.07, 6.45) is 0.431. The molecule has 0 aliphatic carbocycles. The highest BCUT2D eigenvalue weighted by molar-refractivity contribution is 5.76. The summed E-state index contributed by atoms with van der Waals surface area (Å²) in [5.41, 5.74) is 12.5. The van der Waals surface area contributed by atoms with E-state index in [1.165, 1.54) is 0 Å². The second-order valence-corrected chi connectivity index (χ2v) is 5.09. The zero-order chi connectivity index (χ0) is 13.1. The second kappa shape index (κ2) is 5.19. The maximum atomic E-state index is 11.7. The Hall–Kier alpha value is -1.55. The summed E-state index contributed by atoms with van der Waals surface area (Å²) in [4.78, 5) is 11.7. The van der Waals surface area contributed by atoms with Gasteiger partial charge in [0.25, 0.3) is 0 Å². The Labute approximate surface area is 102 Å². The third-order valence-corrected chi connectivity index (χ3v) is 2.12. The lowest BCUT2D eigenvalue weighted by molar-refractivity contribution is -0.156. The van der Waals surface area contributed by atoms with Crippen LogP contribution in [-0.2, 0) is 16.0 Å². The van der Waals surface area contributed by atoms with Gasteiger partial charge in [-0.25, -0.2) is 0 Å². The van der Waals surface area contributed by atoms with Gasteiger partial charge in [-0.2, -0.15) is 0 Å². The average molecular weight is 236 g/mol. The van der Waals surface area contributed by atoms with E-state index in [-0.39, 0.29) is 5.97 Å². The van der Waals surface area contributed by atoms with E-state index in [0.29, 0.717) is 12.1 Å². The minimum Gasteiger partial charge on any atom is -0.459 e. The average Bonchev–Trinajstić information content (AvgIpc) is 2.14. The predicted molar refractivity (Wildman–Crippen MR) is 68.4 cm³/mol. The first-order chi connectivity index (χ1) is 7.78. The third kappa shape index (κ3) is 4.87. The number of ether oxygens (including phenoxy) is 1. The van der Waals surface area contributed by atoms with Crippen LogP contribution in [0, 0.1) is 0 Å². The van der Waals surface area contributed by atoms with Crippen LogP contribution in [0.2, 0.25) is 0 Å². The van der Waals surface area contributed by atoms with E-state index in [1.807, 2.05) is 39.0 Å². The van der Waals surface area contributed by atoms with Gasteiger partial charge < -0.3 is 16.2 Å². The first kappa shape index (κ1) is 13.5. The quantitative estimate of drug-likeness (QED) is 0.615. The Bertz CT molecular complexity index is 397. The molecule has 1 atom stereocenters. The maximum absolute atomic E-state index is 11.7. The predicted octanol–water partition coefficient (Wildman–Crippen LogP) is 1.48. The molecule has 0 aliphatic rings. The molecular weight excluding hydrogens is 216 g/mol. The summed E-state index contributed by atoms with van der Waals surface area (Å²) in [5.74, 6) is -0.389. The van der Waals surface area contributed by atoms with Crippen molar-refractivity contribution >= 4 is 11.7 Å². The lowest BCUT2D eigenvalue weighted by atomic mass is 10.1. The van der Waals surface area contributed by atoms with Gasteiger partial charge in [0, 0.05) is 5.69 Å². The number of hydrogen-bond donors (Lipinski definition) is 2. The first-order valence-corrected chi connectivity index (χ1v) is 5.61. The van der Waals surface area contributed by atoms with Crippen LogP contribution in [0.3, 0.4) is 0 Å². The van der Waals surface area contributed by atoms with Gasteiger partial charge in [-0.15, -0.1) is 0 Å². The van der Waals surface area contributed by atoms with Crippen molar-refractivity contribution in [3.63, 3.8) is 0 Å². The molecule has 0 aliphatic heterocycles. The van der Waals surface area contributed by atoms with Gasteiger partial charge >= 0.3 is 5.97 Å². The molecule has 0 fully saturated rings. The van der Waals surface area contributed by atoms with Gasteiger partial charge in [0.15, 0.2) is 0 Å². The molecule has 0 saturated heterocycles. The summed E-state index contributed by atoms with van der Waals surface area (Å²) in [7, 11) is 0. The van der Waals surface area contributed by atoms with Crippen molar-refractivity contribution < 1.29 is 9.53 Å². The van der Waals surface area contributed by atoms with Gasteiger partial charge in [0.1, 0.15) is 11.6 Å². The fraction of sp³-hybridized carbons (Fsp3) is 0.462. The number of rotatable bonds is 3. The van der Waals surface area contributed by atoms with Crippen LogP contribution in [0.4, 0.5) is 5.69 Å². The summed E-state index contributed by atoms with van der Waals surface area (Å²) in [6.45, 7) is 5.45. The Kier molecular flexibility index (Phi) is 4.12. The Morgan fingerprint density at radius 2 is 2.06 bits per heavy atom. The molecule has 0 bridgehead atoms. The van der Waals surface area contributed by atoms with E-state index < -0.39 is 11.6 Å². The maximum Gasteiger partial charge on any atom is 0.323 e. The highest BCUT2D eigenvalue weighted by Gasteiger charge is 2.22. The monoisotopic (exact) mass is 236 g/mol. The minimum atomic E-state index is -0.656. The van der Waals surface area contributed by atoms with Gasteiger partial charge in [0.2, 0.25) is 0 Å². The van der Waals surface area contributed by atoms with Crippen molar-refractivity contribution in [3.8, 4) is 0 Å². The lowest BCUT2D eigenvalue weighted by Crippen LogP contribution is -2.38. The van der Waals surface area contributed by atoms with Gasteiger partial charge in [0.05, 0.1) is 0 Å². The van der Waals surface area contributed by atoms with Crippen molar-refractivity contribution in [2.75, 3.05) is 5.73 Å². The summed E-state index contributed by atoms with van der Waals surface area (Å²) < 4.78 is 5.21. The fourth-order valence-electron chi connectivity index (χ4n) is 1.43. The summed E-state index contributed by atoms with van der Waals surface area (Å²) in [6, 6.07) is 6.68. The number of hydrogen-bond acceptors (Lipinski definition) is 4. The number of nitrogens with two attached hydrogens (primary N) is 2. The van der Waals surface area contributed by atoms with Crippen molar-refractivity contribution in [2.45, 2.75) is 38.8 Å². The van der Waals surface area contributed by atoms with Crippen LogP contribution in [0.15, 0.2) is 24.3 Å². The van der Waals surface area contributed by atoms with Gasteiger partial charge in [-0.05, 0) is 44.9 Å². The van der Waals surface area contributed by atoms with Crippen molar-refractivity contribution in [1.82, 2.24) is 0 Å². The fourth-order valence-corrected chi connectivity index (χ4v) is 1.43. The third-order valence-electron chi connectivity index (χ3n) is 2.12. The van der Waals surface area contributed by atoms with E-state index in [9.17, 15) is 4.79 Å². The van der Waals surface area contributed by atoms with E-state index in [4.69, 9.17) is 16.2 Å². The molecule has 1 rings (SSSR count). The van der Waals surface area contributed by atoms with E-state index in [1.54, 1.807) is 6.07 Å². The molecule has 94 valence electrons. The number of benzene rings is 1. The first-order valence-electron chi connectivity index (χ1n) is 5.61. The molecule has 0 saturated carbocycles. The van der Waals surface area contributed by atoms with Crippen LogP contribution in [0.1, 0.15) is 26.3 Å². The van der Waals surface area contributed by atoms with Crippen molar-refractivity contribution in [3.05, 3.63) is 29.8 Å². The molecule has 1 unspecified atom stereocenters. The van der Waals surface area contributed by atoms with Crippen molar-refractivity contribution in [2.24, 2.45) is 5.73 Å². The molecule has 4 nitrogen and oxygen atoms in total. The van der Waals surface area contributed by atoms with Crippen LogP contribution in [0.5, 0.6) is 0 Å². The molecule has 17 heavy (non-hydrogen) atoms. The van der Waals surface area contributed by atoms with E-state index in [0.717, 1.165) is 5.56 Å². The molecule has 0 amide bonds.